The fourth-order valence-electron chi connectivity index (χ4n) is 18.9. The second-order valence-corrected chi connectivity index (χ2v) is 28.2. The highest BCUT2D eigenvalue weighted by atomic mass is 16.8. The molecule has 0 radical (unpaired) electrons. The van der Waals surface area contributed by atoms with E-state index in [-0.39, 0.29) is 171 Å². The Kier molecular flexibility index (Phi) is 14.1. The molecule has 1 aliphatic carbocycles. The average molecular weight is 1120 g/mol. The van der Waals surface area contributed by atoms with Gasteiger partial charge >= 0.3 is 5.97 Å². The van der Waals surface area contributed by atoms with Gasteiger partial charge in [-0.25, -0.2) is 0 Å². The molecule has 2 N–H and O–H groups in total. The summed E-state index contributed by atoms with van der Waals surface area (Å²) in [6, 6.07) is 0. The van der Waals surface area contributed by atoms with E-state index in [2.05, 4.69) is 40.9 Å². The Bertz CT molecular complexity index is 2410. The van der Waals surface area contributed by atoms with Gasteiger partial charge in [-0.1, -0.05) is 40.9 Å². The highest BCUT2D eigenvalue weighted by Gasteiger charge is 2.69. The Labute approximate surface area is 470 Å². The van der Waals surface area contributed by atoms with Crippen LogP contribution in [0.3, 0.4) is 0 Å². The number of esters is 1. The van der Waals surface area contributed by atoms with Crippen molar-refractivity contribution in [3.63, 3.8) is 0 Å². The van der Waals surface area contributed by atoms with E-state index in [1.807, 2.05) is 0 Å². The van der Waals surface area contributed by atoms with Gasteiger partial charge in [0.05, 0.1) is 129 Å². The minimum atomic E-state index is -0.930. The fourth-order valence-corrected chi connectivity index (χ4v) is 18.9. The van der Waals surface area contributed by atoms with Gasteiger partial charge in [-0.15, -0.1) is 0 Å². The molecule has 15 saturated heterocycles. The number of hydrogen-bond donors (Lipinski definition) is 2. The van der Waals surface area contributed by atoms with E-state index < -0.39 is 47.9 Å². The summed E-state index contributed by atoms with van der Waals surface area (Å²) < 4.78 is 97.4. The number of carbonyl (C=O) groups excluding carboxylic acids is 2. The minimum absolute atomic E-state index is 0.0107. The summed E-state index contributed by atoms with van der Waals surface area (Å²) in [6.45, 7) is 17.6. The Morgan fingerprint density at radius 3 is 2.10 bits per heavy atom. The summed E-state index contributed by atoms with van der Waals surface area (Å²) in [4.78, 5) is 27.0. The number of Topliss-reactive ketones (excluding diaryl/α,β-unsaturated/α-hetero) is 1. The van der Waals surface area contributed by atoms with Crippen LogP contribution >= 0.6 is 0 Å². The first-order chi connectivity index (χ1) is 38.5. The van der Waals surface area contributed by atoms with E-state index >= 15 is 0 Å². The van der Waals surface area contributed by atoms with Crippen LogP contribution in [-0.2, 0) is 75.9 Å². The molecule has 1 saturated carbocycles. The Morgan fingerprint density at radius 1 is 0.550 bits per heavy atom. The van der Waals surface area contributed by atoms with Crippen LogP contribution in [0, 0.1) is 35.5 Å². The number of rotatable bonds is 4. The van der Waals surface area contributed by atoms with Crippen molar-refractivity contribution in [2.75, 3.05) is 6.61 Å². The van der Waals surface area contributed by atoms with Gasteiger partial charge in [0.2, 0.25) is 0 Å². The standard InChI is InChI=1S/C62H88O18/c1-28-15-36-9-10-41-29(2)16-38(67-41)11-13-60-26-49-57(79-60)39-17-34-7-8-37(69-56(34)59(80-60)58(39)73-49)19-51(66)74-55-33(6)54-46(70-45(55)21-42(68-36)32(28)5)22-44-48(72-54)25-62(75-44)27-50-53(78-62)31(4)24-61(77-50)23-30(3)52-47(76-61)20-40(65)43(71-52)18-35(64)12-14-63/h28,30-31,33-34,36-50,52-59,63,65H,2,5,7-27H2,1,3-4,6H3/t28-,30+,31+,33+,34-,36+,37-,38+,39+,40-,41+,42-,43-,44-,45+,46+,47+,48-,49-,50+,52+,53+,54+,55-,56+,57+,58-,59+,60+,61-,62+/m1/s1. The minimum Gasteiger partial charge on any atom is -0.459 e. The highest BCUT2D eigenvalue weighted by molar-refractivity contribution is 5.79. The summed E-state index contributed by atoms with van der Waals surface area (Å²) in [5.41, 5.74) is 2.18. The molecule has 16 rings (SSSR count). The largest absolute Gasteiger partial charge is 0.459 e. The second-order valence-electron chi connectivity index (χ2n) is 28.2. The van der Waals surface area contributed by atoms with E-state index in [9.17, 15) is 19.8 Å². The van der Waals surface area contributed by atoms with Crippen LogP contribution in [0.15, 0.2) is 24.3 Å². The van der Waals surface area contributed by atoms with Crippen molar-refractivity contribution in [3.05, 3.63) is 24.3 Å². The van der Waals surface area contributed by atoms with Crippen molar-refractivity contribution < 1.29 is 86.1 Å². The van der Waals surface area contributed by atoms with Gasteiger partial charge < -0.3 is 76.5 Å². The maximum atomic E-state index is 14.6. The van der Waals surface area contributed by atoms with Crippen LogP contribution in [0.25, 0.3) is 0 Å². The third kappa shape index (κ3) is 9.52. The van der Waals surface area contributed by atoms with Crippen LogP contribution in [-0.4, -0.2) is 180 Å². The summed E-state index contributed by atoms with van der Waals surface area (Å²) in [7, 11) is 0. The Morgan fingerprint density at radius 2 is 1.25 bits per heavy atom. The topological polar surface area (TPSA) is 204 Å². The summed E-state index contributed by atoms with van der Waals surface area (Å²) in [5, 5.41) is 20.4. The lowest BCUT2D eigenvalue weighted by Crippen LogP contribution is -2.62. The molecular weight excluding hydrogens is 1030 g/mol. The lowest BCUT2D eigenvalue weighted by Gasteiger charge is -2.54. The normalized spacial score (nSPS) is 56.9. The quantitative estimate of drug-likeness (QED) is 0.231. The molecule has 444 valence electrons. The first kappa shape index (κ1) is 54.7. The zero-order valence-electron chi connectivity index (χ0n) is 47.4. The van der Waals surface area contributed by atoms with Crippen molar-refractivity contribution >= 4 is 11.8 Å². The lowest BCUT2D eigenvalue weighted by molar-refractivity contribution is -0.371. The highest BCUT2D eigenvalue weighted by Crippen LogP contribution is 2.59. The van der Waals surface area contributed by atoms with Gasteiger partial charge in [0.15, 0.2) is 17.4 Å². The van der Waals surface area contributed by atoms with Crippen LogP contribution in [0.4, 0.5) is 0 Å². The van der Waals surface area contributed by atoms with Crippen molar-refractivity contribution in [3.8, 4) is 0 Å². The number of carbonyl (C=O) groups is 2. The molecular formula is C62H88O18. The maximum Gasteiger partial charge on any atom is 0.308 e. The molecule has 15 heterocycles. The maximum absolute atomic E-state index is 14.6. The molecule has 15 aliphatic heterocycles. The third-order valence-electron chi connectivity index (χ3n) is 22.7. The van der Waals surface area contributed by atoms with Crippen LogP contribution in [0.2, 0.25) is 0 Å². The van der Waals surface area contributed by atoms with Crippen LogP contribution in [0.5, 0.6) is 0 Å². The summed E-state index contributed by atoms with van der Waals surface area (Å²) in [6.07, 6.45) is 5.90. The molecule has 80 heavy (non-hydrogen) atoms. The number of hydrogen-bond acceptors (Lipinski definition) is 18. The molecule has 12 bridgehead atoms. The van der Waals surface area contributed by atoms with E-state index in [4.69, 9.17) is 66.3 Å². The number of aliphatic hydroxyl groups is 2. The predicted molar refractivity (Wildman–Crippen MR) is 280 cm³/mol. The molecule has 0 unspecified atom stereocenters. The predicted octanol–water partition coefficient (Wildman–Crippen LogP) is 6.39. The first-order valence-electron chi connectivity index (χ1n) is 31.5. The van der Waals surface area contributed by atoms with Gasteiger partial charge in [0.1, 0.15) is 18.0 Å². The zero-order chi connectivity index (χ0) is 54.7. The zero-order valence-corrected chi connectivity index (χ0v) is 47.4. The van der Waals surface area contributed by atoms with Gasteiger partial charge in [0.25, 0.3) is 0 Å². The van der Waals surface area contributed by atoms with Gasteiger partial charge in [-0.2, -0.15) is 0 Å². The lowest BCUT2D eigenvalue weighted by atomic mass is 9.70. The monoisotopic (exact) mass is 1120 g/mol. The molecule has 0 aromatic rings. The number of fused-ring (bicyclic) bond motifs is 10. The van der Waals surface area contributed by atoms with Crippen molar-refractivity contribution in [1.82, 2.24) is 0 Å². The van der Waals surface area contributed by atoms with Crippen LogP contribution in [0.1, 0.15) is 156 Å². The molecule has 18 nitrogen and oxygen atoms in total. The number of ether oxygens (including phenoxy) is 14. The molecule has 18 heteroatoms. The molecule has 0 aromatic carbocycles. The smallest absolute Gasteiger partial charge is 0.308 e. The fraction of sp³-hybridized carbons (Fsp3) is 0.903. The van der Waals surface area contributed by atoms with Gasteiger partial charge in [-0.3, -0.25) is 9.59 Å². The van der Waals surface area contributed by atoms with Crippen molar-refractivity contribution in [2.45, 2.75) is 308 Å². The van der Waals surface area contributed by atoms with E-state index in [0.29, 0.717) is 57.3 Å². The van der Waals surface area contributed by atoms with Crippen LogP contribution < -0.4 is 0 Å². The van der Waals surface area contributed by atoms with E-state index in [0.717, 1.165) is 68.9 Å². The van der Waals surface area contributed by atoms with Crippen molar-refractivity contribution in [2.24, 2.45) is 35.5 Å². The van der Waals surface area contributed by atoms with Gasteiger partial charge in [-0.05, 0) is 86.2 Å². The molecule has 3 spiro atoms. The summed E-state index contributed by atoms with van der Waals surface area (Å²) in [5.74, 6) is -2.30. The number of ketones is 1. The number of aliphatic hydroxyl groups excluding tert-OH is 2. The molecule has 16 fully saturated rings. The van der Waals surface area contributed by atoms with Crippen molar-refractivity contribution in [1.29, 1.82) is 0 Å². The Hall–Kier alpha value is -1.98. The molecule has 0 amide bonds. The average Bonchev–Trinajstić information content (AvgIpc) is 4.36. The molecule has 16 aliphatic rings. The summed E-state index contributed by atoms with van der Waals surface area (Å²) >= 11 is 0. The second kappa shape index (κ2) is 20.6. The SMILES string of the molecule is C=C1C[C@@H]2CC[C@@]34C[C@H]5O[C@@H]6[C@@H](C[C@H]7CC[C@H](CC(=O)O[C@@H]8[C@@H](C)[C@@H]9O[C@@H]%10C[C@]%11(C[C@@H]%12O[C@]%13(C[C@H](C)[C@@H]%14O[C@H](CC(=O)CCO)[C@H](O)C[C@@H]%14O%13)C[C@H](C)[C@@H]%12O%11)O[C@@H]%10C[C@@H]9O[C@H]8C[C@H]8O[C@@H](CC[C@@H]1O2)C[C@@H](C)C8=C)O[C@@H]7[C@@H]6O3)[C@@H]5O4. The first-order valence-corrected chi connectivity index (χ1v) is 31.5. The van der Waals surface area contributed by atoms with E-state index in [1.165, 1.54) is 0 Å². The molecule has 31 atom stereocenters. The third-order valence-corrected chi connectivity index (χ3v) is 22.7. The van der Waals surface area contributed by atoms with Gasteiger partial charge in [0, 0.05) is 89.1 Å². The van der Waals surface area contributed by atoms with E-state index in [1.54, 1.807) is 0 Å². The molecule has 0 aromatic heterocycles. The Balaban J connectivity index is 0.652.